The van der Waals surface area contributed by atoms with E-state index in [9.17, 15) is 4.79 Å². The molecule has 0 heterocycles. The summed E-state index contributed by atoms with van der Waals surface area (Å²) in [6.45, 7) is 6.86. The molecule has 0 aromatic rings. The average molecular weight is 212 g/mol. The lowest BCUT2D eigenvalue weighted by Crippen LogP contribution is -2.08. The summed E-state index contributed by atoms with van der Waals surface area (Å²) in [5.74, 6) is 1.49. The topological polar surface area (TPSA) is 17.1 Å². The van der Waals surface area contributed by atoms with Gasteiger partial charge in [0.05, 0.1) is 0 Å². The van der Waals surface area contributed by atoms with Gasteiger partial charge in [0.1, 0.15) is 6.29 Å². The van der Waals surface area contributed by atoms with Crippen LogP contribution in [0.3, 0.4) is 0 Å². The Labute approximate surface area is 95.6 Å². The summed E-state index contributed by atoms with van der Waals surface area (Å²) in [5.41, 5.74) is 0. The first-order valence-corrected chi connectivity index (χ1v) is 6.66. The van der Waals surface area contributed by atoms with E-state index in [1.807, 2.05) is 0 Å². The molecule has 2 unspecified atom stereocenters. The van der Waals surface area contributed by atoms with Crippen LogP contribution < -0.4 is 0 Å². The fourth-order valence-electron chi connectivity index (χ4n) is 1.97. The SMILES string of the molecule is CCCCCCCC(C)C(C)CCC=O. The Hall–Kier alpha value is -0.330. The first-order valence-electron chi connectivity index (χ1n) is 6.66. The second kappa shape index (κ2) is 10.2. The van der Waals surface area contributed by atoms with E-state index in [0.29, 0.717) is 5.92 Å². The van der Waals surface area contributed by atoms with Crippen LogP contribution in [0.2, 0.25) is 0 Å². The van der Waals surface area contributed by atoms with Gasteiger partial charge in [0, 0.05) is 6.42 Å². The van der Waals surface area contributed by atoms with Crippen molar-refractivity contribution in [3.8, 4) is 0 Å². The highest BCUT2D eigenvalue weighted by atomic mass is 16.1. The zero-order valence-electron chi connectivity index (χ0n) is 10.8. The van der Waals surface area contributed by atoms with E-state index < -0.39 is 0 Å². The van der Waals surface area contributed by atoms with Crippen molar-refractivity contribution >= 4 is 6.29 Å². The molecule has 0 aliphatic carbocycles. The van der Waals surface area contributed by atoms with Crippen LogP contribution in [0.4, 0.5) is 0 Å². The normalized spacial score (nSPS) is 14.9. The first kappa shape index (κ1) is 14.7. The number of unbranched alkanes of at least 4 members (excludes halogenated alkanes) is 4. The monoisotopic (exact) mass is 212 g/mol. The lowest BCUT2D eigenvalue weighted by Gasteiger charge is -2.18. The van der Waals surface area contributed by atoms with Crippen molar-refractivity contribution in [3.63, 3.8) is 0 Å². The molecule has 0 saturated heterocycles. The van der Waals surface area contributed by atoms with Crippen molar-refractivity contribution in [2.45, 2.75) is 72.1 Å². The minimum atomic E-state index is 0.710. The molecule has 0 aromatic carbocycles. The largest absolute Gasteiger partial charge is 0.303 e. The van der Waals surface area contributed by atoms with Crippen molar-refractivity contribution in [3.05, 3.63) is 0 Å². The summed E-state index contributed by atoms with van der Waals surface area (Å²) < 4.78 is 0. The maximum atomic E-state index is 10.3. The van der Waals surface area contributed by atoms with Crippen LogP contribution in [0.15, 0.2) is 0 Å². The van der Waals surface area contributed by atoms with Crippen molar-refractivity contribution in [1.29, 1.82) is 0 Å². The minimum absolute atomic E-state index is 0.710. The maximum Gasteiger partial charge on any atom is 0.120 e. The zero-order chi connectivity index (χ0) is 11.5. The number of aldehydes is 1. The molecule has 0 amide bonds. The minimum Gasteiger partial charge on any atom is -0.303 e. The lowest BCUT2D eigenvalue weighted by molar-refractivity contribution is -0.108. The summed E-state index contributed by atoms with van der Waals surface area (Å²) in [6.07, 6.45) is 11.0. The van der Waals surface area contributed by atoms with Gasteiger partial charge in [-0.05, 0) is 18.3 Å². The van der Waals surface area contributed by atoms with Crippen LogP contribution in [0.5, 0.6) is 0 Å². The molecule has 0 aromatic heterocycles. The van der Waals surface area contributed by atoms with Crippen molar-refractivity contribution in [2.75, 3.05) is 0 Å². The Morgan fingerprint density at radius 1 is 0.933 bits per heavy atom. The van der Waals surface area contributed by atoms with Crippen LogP contribution in [0.25, 0.3) is 0 Å². The van der Waals surface area contributed by atoms with E-state index in [4.69, 9.17) is 0 Å². The number of hydrogen-bond acceptors (Lipinski definition) is 1. The van der Waals surface area contributed by atoms with E-state index in [-0.39, 0.29) is 0 Å². The van der Waals surface area contributed by atoms with Gasteiger partial charge in [-0.15, -0.1) is 0 Å². The van der Waals surface area contributed by atoms with Gasteiger partial charge in [-0.2, -0.15) is 0 Å². The number of hydrogen-bond donors (Lipinski definition) is 0. The molecular formula is C14H28O. The third-order valence-electron chi connectivity index (χ3n) is 3.47. The molecule has 15 heavy (non-hydrogen) atoms. The lowest BCUT2D eigenvalue weighted by atomic mass is 9.87. The van der Waals surface area contributed by atoms with Crippen LogP contribution in [-0.4, -0.2) is 6.29 Å². The molecule has 0 spiro atoms. The molecule has 0 aliphatic heterocycles. The first-order chi connectivity index (χ1) is 7.22. The van der Waals surface area contributed by atoms with Crippen molar-refractivity contribution in [2.24, 2.45) is 11.8 Å². The Bertz CT molecular complexity index is 142. The van der Waals surface area contributed by atoms with Gasteiger partial charge in [-0.25, -0.2) is 0 Å². The third kappa shape index (κ3) is 8.65. The Morgan fingerprint density at radius 3 is 2.13 bits per heavy atom. The van der Waals surface area contributed by atoms with Crippen LogP contribution in [-0.2, 0) is 4.79 Å². The molecule has 0 radical (unpaired) electrons. The number of carbonyl (C=O) groups is 1. The van der Waals surface area contributed by atoms with Crippen molar-refractivity contribution in [1.82, 2.24) is 0 Å². The second-order valence-electron chi connectivity index (χ2n) is 4.90. The van der Waals surface area contributed by atoms with E-state index >= 15 is 0 Å². The highest BCUT2D eigenvalue weighted by molar-refractivity contribution is 5.49. The quantitative estimate of drug-likeness (QED) is 0.382. The fraction of sp³-hybridized carbons (Fsp3) is 0.929. The fourth-order valence-corrected chi connectivity index (χ4v) is 1.97. The van der Waals surface area contributed by atoms with E-state index in [0.717, 1.165) is 25.0 Å². The Kier molecular flexibility index (Phi) is 9.97. The highest BCUT2D eigenvalue weighted by Gasteiger charge is 2.10. The van der Waals surface area contributed by atoms with Gasteiger partial charge in [-0.1, -0.05) is 59.3 Å². The summed E-state index contributed by atoms with van der Waals surface area (Å²) in [5, 5.41) is 0. The Balaban J connectivity index is 3.37. The molecule has 1 nitrogen and oxygen atoms in total. The van der Waals surface area contributed by atoms with Gasteiger partial charge >= 0.3 is 0 Å². The van der Waals surface area contributed by atoms with Crippen LogP contribution >= 0.6 is 0 Å². The smallest absolute Gasteiger partial charge is 0.120 e. The van der Waals surface area contributed by atoms with Gasteiger partial charge in [0.2, 0.25) is 0 Å². The molecule has 0 fully saturated rings. The van der Waals surface area contributed by atoms with Crippen LogP contribution in [0.1, 0.15) is 72.1 Å². The van der Waals surface area contributed by atoms with E-state index in [1.54, 1.807) is 0 Å². The molecule has 2 atom stereocenters. The van der Waals surface area contributed by atoms with Crippen LogP contribution in [0, 0.1) is 11.8 Å². The maximum absolute atomic E-state index is 10.3. The predicted molar refractivity (Wildman–Crippen MR) is 67.0 cm³/mol. The molecular weight excluding hydrogens is 184 g/mol. The van der Waals surface area contributed by atoms with Gasteiger partial charge < -0.3 is 4.79 Å². The summed E-state index contributed by atoms with van der Waals surface area (Å²) in [6, 6.07) is 0. The molecule has 90 valence electrons. The molecule has 0 rings (SSSR count). The number of rotatable bonds is 10. The summed E-state index contributed by atoms with van der Waals surface area (Å²) in [7, 11) is 0. The molecule has 1 heteroatoms. The summed E-state index contributed by atoms with van der Waals surface area (Å²) >= 11 is 0. The van der Waals surface area contributed by atoms with Gasteiger partial charge in [0.25, 0.3) is 0 Å². The average Bonchev–Trinajstić information content (AvgIpc) is 2.25. The summed E-state index contributed by atoms with van der Waals surface area (Å²) in [4.78, 5) is 10.3. The molecule has 0 aliphatic rings. The standard InChI is InChI=1S/C14H28O/c1-4-5-6-7-8-10-13(2)14(3)11-9-12-15/h12-14H,4-11H2,1-3H3. The molecule has 0 N–H and O–H groups in total. The van der Waals surface area contributed by atoms with Gasteiger partial charge in [0.15, 0.2) is 0 Å². The third-order valence-corrected chi connectivity index (χ3v) is 3.47. The van der Waals surface area contributed by atoms with Crippen molar-refractivity contribution < 1.29 is 4.79 Å². The number of carbonyl (C=O) groups excluding carboxylic acids is 1. The predicted octanol–water partition coefficient (Wildman–Crippen LogP) is 4.60. The molecule has 0 saturated carbocycles. The van der Waals surface area contributed by atoms with Gasteiger partial charge in [-0.3, -0.25) is 0 Å². The Morgan fingerprint density at radius 2 is 1.53 bits per heavy atom. The second-order valence-corrected chi connectivity index (χ2v) is 4.90. The highest BCUT2D eigenvalue weighted by Crippen LogP contribution is 2.22. The molecule has 0 bridgehead atoms. The van der Waals surface area contributed by atoms with E-state index in [2.05, 4.69) is 20.8 Å². The van der Waals surface area contributed by atoms with E-state index in [1.165, 1.54) is 38.5 Å². The zero-order valence-corrected chi connectivity index (χ0v) is 10.8.